The number of phenols is 1. The molecule has 1 saturated heterocycles. The van der Waals surface area contributed by atoms with Gasteiger partial charge in [-0.05, 0) is 24.3 Å². The molecule has 0 amide bonds. The molecule has 29 heavy (non-hydrogen) atoms. The van der Waals surface area contributed by atoms with E-state index in [0.29, 0.717) is 39.8 Å². The molecule has 6 heteroatoms. The Morgan fingerprint density at radius 3 is 2.55 bits per heavy atom. The fraction of sp³-hybridized carbons (Fsp3) is 0.217. The van der Waals surface area contributed by atoms with Crippen molar-refractivity contribution in [2.45, 2.75) is 19.4 Å². The van der Waals surface area contributed by atoms with E-state index in [1.54, 1.807) is 30.3 Å². The lowest BCUT2D eigenvalue weighted by atomic mass is 9.99. The van der Waals surface area contributed by atoms with Gasteiger partial charge in [-0.1, -0.05) is 18.2 Å². The molecule has 0 radical (unpaired) electrons. The minimum absolute atomic E-state index is 0.0998. The number of nitrogens with one attached hydrogen (secondary N) is 1. The topological polar surface area (TPSA) is 85.1 Å². The first-order valence-corrected chi connectivity index (χ1v) is 9.76. The predicted molar refractivity (Wildman–Crippen MR) is 109 cm³/mol. The molecule has 6 nitrogen and oxygen atoms in total. The molecule has 146 valence electrons. The number of fused-ring (bicyclic) bond motifs is 2. The summed E-state index contributed by atoms with van der Waals surface area (Å²) in [4.78, 5) is 26.4. The van der Waals surface area contributed by atoms with Crippen LogP contribution in [0.1, 0.15) is 18.4 Å². The minimum Gasteiger partial charge on any atom is -0.507 e. The molecule has 0 spiro atoms. The Labute approximate surface area is 165 Å². The van der Waals surface area contributed by atoms with E-state index in [4.69, 9.17) is 8.83 Å². The van der Waals surface area contributed by atoms with Gasteiger partial charge in [0.25, 0.3) is 0 Å². The van der Waals surface area contributed by atoms with Crippen molar-refractivity contribution in [1.82, 2.24) is 0 Å². The van der Waals surface area contributed by atoms with Crippen LogP contribution in [0.2, 0.25) is 0 Å². The smallest absolute Gasteiger partial charge is 0.344 e. The van der Waals surface area contributed by atoms with Crippen molar-refractivity contribution in [3.8, 4) is 16.9 Å². The van der Waals surface area contributed by atoms with Crippen LogP contribution in [0.15, 0.2) is 67.0 Å². The lowest BCUT2D eigenvalue weighted by Crippen LogP contribution is -3.08. The lowest BCUT2D eigenvalue weighted by molar-refractivity contribution is -0.901. The van der Waals surface area contributed by atoms with E-state index in [-0.39, 0.29) is 5.75 Å². The van der Waals surface area contributed by atoms with E-state index >= 15 is 0 Å². The van der Waals surface area contributed by atoms with Gasteiger partial charge in [0.2, 0.25) is 0 Å². The van der Waals surface area contributed by atoms with E-state index in [1.165, 1.54) is 11.0 Å². The van der Waals surface area contributed by atoms with Gasteiger partial charge < -0.3 is 18.8 Å². The second-order valence-corrected chi connectivity index (χ2v) is 7.54. The first kappa shape index (κ1) is 17.7. The lowest BCUT2D eigenvalue weighted by Gasteiger charge is -2.15. The van der Waals surface area contributed by atoms with Gasteiger partial charge in [-0.15, -0.1) is 0 Å². The Balaban J connectivity index is 1.76. The molecule has 2 aromatic carbocycles. The number of aromatic hydroxyl groups is 1. The van der Waals surface area contributed by atoms with Gasteiger partial charge in [0.05, 0.1) is 24.2 Å². The van der Waals surface area contributed by atoms with E-state index in [2.05, 4.69) is 0 Å². The number of rotatable bonds is 3. The summed E-state index contributed by atoms with van der Waals surface area (Å²) >= 11 is 0. The fourth-order valence-electron chi connectivity index (χ4n) is 4.22. The van der Waals surface area contributed by atoms with Crippen molar-refractivity contribution in [2.75, 3.05) is 13.1 Å². The summed E-state index contributed by atoms with van der Waals surface area (Å²) in [5.74, 6) is 0.0998. The highest BCUT2D eigenvalue weighted by Crippen LogP contribution is 2.32. The molecular weight excluding hydrogens is 370 g/mol. The van der Waals surface area contributed by atoms with Crippen LogP contribution in [0.4, 0.5) is 0 Å². The Kier molecular flexibility index (Phi) is 4.21. The second kappa shape index (κ2) is 6.90. The zero-order valence-corrected chi connectivity index (χ0v) is 15.7. The highest BCUT2D eigenvalue weighted by molar-refractivity contribution is 5.96. The van der Waals surface area contributed by atoms with Gasteiger partial charge in [-0.3, -0.25) is 0 Å². The highest BCUT2D eigenvalue weighted by Gasteiger charge is 2.22. The van der Waals surface area contributed by atoms with Crippen LogP contribution >= 0.6 is 0 Å². The number of benzene rings is 2. The predicted octanol–water partition coefficient (Wildman–Crippen LogP) is 2.45. The van der Waals surface area contributed by atoms with Crippen molar-refractivity contribution in [2.24, 2.45) is 0 Å². The molecule has 1 aliphatic heterocycles. The molecule has 1 fully saturated rings. The molecule has 2 N–H and O–H groups in total. The van der Waals surface area contributed by atoms with E-state index in [1.807, 2.05) is 12.1 Å². The van der Waals surface area contributed by atoms with Crippen molar-refractivity contribution >= 4 is 21.9 Å². The van der Waals surface area contributed by atoms with E-state index < -0.39 is 11.3 Å². The summed E-state index contributed by atoms with van der Waals surface area (Å²) in [7, 11) is 0. The van der Waals surface area contributed by atoms with Gasteiger partial charge in [0, 0.05) is 35.2 Å². The third-order valence-electron chi connectivity index (χ3n) is 5.66. The maximum absolute atomic E-state index is 12.7. The minimum atomic E-state index is -0.566. The molecule has 2 aromatic heterocycles. The largest absolute Gasteiger partial charge is 0.507 e. The van der Waals surface area contributed by atoms with Crippen molar-refractivity contribution in [3.63, 3.8) is 0 Å². The Hall–Kier alpha value is -3.38. The zero-order chi connectivity index (χ0) is 20.0. The third-order valence-corrected chi connectivity index (χ3v) is 5.66. The van der Waals surface area contributed by atoms with Gasteiger partial charge in [-0.25, -0.2) is 9.59 Å². The molecule has 0 unspecified atom stereocenters. The normalized spacial score (nSPS) is 14.8. The number of likely N-dealkylation sites (tertiary alicyclic amines) is 1. The summed E-state index contributed by atoms with van der Waals surface area (Å²) in [5, 5.41) is 11.8. The van der Waals surface area contributed by atoms with Gasteiger partial charge >= 0.3 is 11.3 Å². The molecule has 0 atom stereocenters. The van der Waals surface area contributed by atoms with Crippen molar-refractivity contribution in [3.05, 3.63) is 74.9 Å². The monoisotopic (exact) mass is 390 g/mol. The van der Waals surface area contributed by atoms with Crippen LogP contribution in [-0.4, -0.2) is 18.2 Å². The second-order valence-electron chi connectivity index (χ2n) is 7.54. The van der Waals surface area contributed by atoms with Gasteiger partial charge in [0.1, 0.15) is 17.9 Å². The Morgan fingerprint density at radius 1 is 0.931 bits per heavy atom. The first-order valence-electron chi connectivity index (χ1n) is 9.76. The van der Waals surface area contributed by atoms with Crippen LogP contribution in [0, 0.1) is 0 Å². The van der Waals surface area contributed by atoms with Crippen LogP contribution in [-0.2, 0) is 6.54 Å². The fourth-order valence-corrected chi connectivity index (χ4v) is 4.22. The van der Waals surface area contributed by atoms with Crippen LogP contribution in [0.25, 0.3) is 33.1 Å². The molecule has 3 heterocycles. The van der Waals surface area contributed by atoms with E-state index in [0.717, 1.165) is 31.3 Å². The molecule has 0 aliphatic carbocycles. The number of phenolic OH excluding ortho intramolecular Hbond substituents is 1. The molecule has 0 bridgehead atoms. The van der Waals surface area contributed by atoms with Crippen molar-refractivity contribution < 1.29 is 18.8 Å². The van der Waals surface area contributed by atoms with Gasteiger partial charge in [-0.2, -0.15) is 0 Å². The quantitative estimate of drug-likeness (QED) is 0.525. The zero-order valence-electron chi connectivity index (χ0n) is 15.7. The molecule has 4 aromatic rings. The summed E-state index contributed by atoms with van der Waals surface area (Å²) in [6, 6.07) is 13.6. The summed E-state index contributed by atoms with van der Waals surface area (Å²) in [6.07, 6.45) is 2.29. The van der Waals surface area contributed by atoms with E-state index in [9.17, 15) is 14.7 Å². The molecular formula is C23H20NO5+. The van der Waals surface area contributed by atoms with Gasteiger partial charge in [0.15, 0.2) is 5.58 Å². The number of quaternary nitrogens is 1. The number of para-hydroxylation sites is 1. The number of hydrogen-bond acceptors (Lipinski definition) is 5. The highest BCUT2D eigenvalue weighted by atomic mass is 16.4. The summed E-state index contributed by atoms with van der Waals surface area (Å²) < 4.78 is 11.0. The molecule has 0 saturated carbocycles. The molecule has 5 rings (SSSR count). The van der Waals surface area contributed by atoms with Crippen LogP contribution in [0.3, 0.4) is 0 Å². The number of hydrogen-bond donors (Lipinski definition) is 2. The SMILES string of the molecule is O=c1cc(-c2cc3ccccc3oc2=O)c2ccc(O)c(C[NH+]3CCCC3)c2o1. The maximum Gasteiger partial charge on any atom is 0.344 e. The maximum atomic E-state index is 12.7. The molecule has 1 aliphatic rings. The standard InChI is InChI=1S/C23H19NO5/c25-19-8-7-15-16(17-11-14-5-1-2-6-20(14)28-23(17)27)12-21(26)29-22(15)18(19)13-24-9-3-4-10-24/h1-2,5-8,11-12,25H,3-4,9-10,13H2/p+1. The first-order chi connectivity index (χ1) is 14.1. The average Bonchev–Trinajstić information content (AvgIpc) is 3.22. The average molecular weight is 390 g/mol. The van der Waals surface area contributed by atoms with Crippen LogP contribution < -0.4 is 16.2 Å². The third kappa shape index (κ3) is 3.11. The Morgan fingerprint density at radius 2 is 1.72 bits per heavy atom. The Bertz CT molecular complexity index is 1350. The van der Waals surface area contributed by atoms with Crippen molar-refractivity contribution in [1.29, 1.82) is 0 Å². The summed E-state index contributed by atoms with van der Waals surface area (Å²) in [5.41, 5.74) is 1.09. The van der Waals surface area contributed by atoms with Crippen LogP contribution in [0.5, 0.6) is 5.75 Å². The summed E-state index contributed by atoms with van der Waals surface area (Å²) in [6.45, 7) is 2.62.